The number of fused-ring (bicyclic) bond motifs is 1. The van der Waals surface area contributed by atoms with Gasteiger partial charge in [-0.1, -0.05) is 24.3 Å². The predicted octanol–water partition coefficient (Wildman–Crippen LogP) is 4.29. The van der Waals surface area contributed by atoms with Crippen LogP contribution in [0.15, 0.2) is 59.3 Å². The third kappa shape index (κ3) is 4.50. The monoisotopic (exact) mass is 422 g/mol. The summed E-state index contributed by atoms with van der Waals surface area (Å²) in [4.78, 5) is 15.4. The first-order valence-electron chi connectivity index (χ1n) is 10.0. The van der Waals surface area contributed by atoms with Crippen LogP contribution in [-0.4, -0.2) is 38.1 Å². The molecule has 1 atom stereocenters. The van der Waals surface area contributed by atoms with Gasteiger partial charge in [0.1, 0.15) is 11.5 Å². The molecule has 0 bridgehead atoms. The highest BCUT2D eigenvalue weighted by Gasteiger charge is 2.25. The molecule has 6 heteroatoms. The second-order valence-electron chi connectivity index (χ2n) is 7.37. The maximum Gasteiger partial charge on any atom is 0.251 e. The Hall–Kier alpha value is -2.83. The molecule has 1 aliphatic rings. The van der Waals surface area contributed by atoms with Gasteiger partial charge in [-0.2, -0.15) is 11.3 Å². The summed E-state index contributed by atoms with van der Waals surface area (Å²) in [5.41, 5.74) is 4.56. The summed E-state index contributed by atoms with van der Waals surface area (Å²) in [7, 11) is 3.16. The fraction of sp³-hybridized carbons (Fsp3) is 0.292. The Morgan fingerprint density at radius 1 is 1.10 bits per heavy atom. The molecule has 5 nitrogen and oxygen atoms in total. The van der Waals surface area contributed by atoms with Crippen LogP contribution in [0.4, 0.5) is 0 Å². The molecule has 0 saturated heterocycles. The maximum atomic E-state index is 12.9. The van der Waals surface area contributed by atoms with Gasteiger partial charge in [-0.3, -0.25) is 9.69 Å². The number of methoxy groups -OCH3 is 2. The highest BCUT2D eigenvalue weighted by Crippen LogP contribution is 2.29. The van der Waals surface area contributed by atoms with Gasteiger partial charge in [0.2, 0.25) is 0 Å². The van der Waals surface area contributed by atoms with Crippen molar-refractivity contribution in [3.63, 3.8) is 0 Å². The van der Waals surface area contributed by atoms with Gasteiger partial charge in [-0.05, 0) is 52.1 Å². The molecular weight excluding hydrogens is 396 g/mol. The minimum absolute atomic E-state index is 0.126. The average Bonchev–Trinajstić information content (AvgIpc) is 3.33. The van der Waals surface area contributed by atoms with Crippen LogP contribution in [0.3, 0.4) is 0 Å². The second kappa shape index (κ2) is 9.32. The quantitative estimate of drug-likeness (QED) is 0.617. The first-order valence-corrected chi connectivity index (χ1v) is 11.0. The van der Waals surface area contributed by atoms with Crippen molar-refractivity contribution in [2.45, 2.75) is 19.0 Å². The maximum absolute atomic E-state index is 12.9. The minimum Gasteiger partial charge on any atom is -0.497 e. The van der Waals surface area contributed by atoms with E-state index >= 15 is 0 Å². The van der Waals surface area contributed by atoms with Gasteiger partial charge >= 0.3 is 0 Å². The number of nitrogens with one attached hydrogen (secondary N) is 1. The van der Waals surface area contributed by atoms with Crippen LogP contribution >= 0.6 is 11.3 Å². The van der Waals surface area contributed by atoms with E-state index < -0.39 is 0 Å². The van der Waals surface area contributed by atoms with Crippen molar-refractivity contribution in [1.29, 1.82) is 0 Å². The molecule has 156 valence electrons. The van der Waals surface area contributed by atoms with E-state index in [1.807, 2.05) is 0 Å². The molecule has 0 fully saturated rings. The number of carbonyl (C=O) groups excluding carboxylic acids is 1. The zero-order chi connectivity index (χ0) is 20.9. The molecule has 2 aromatic carbocycles. The lowest BCUT2D eigenvalue weighted by Gasteiger charge is -2.35. The van der Waals surface area contributed by atoms with Gasteiger partial charge in [-0.15, -0.1) is 0 Å². The Kier molecular flexibility index (Phi) is 6.35. The number of carbonyl (C=O) groups is 1. The number of hydrogen-bond donors (Lipinski definition) is 1. The van der Waals surface area contributed by atoms with Crippen LogP contribution in [0, 0.1) is 0 Å². The molecule has 30 heavy (non-hydrogen) atoms. The molecule has 0 spiro atoms. The Morgan fingerprint density at radius 2 is 1.83 bits per heavy atom. The molecule has 4 rings (SSSR count). The van der Waals surface area contributed by atoms with Gasteiger partial charge in [0.15, 0.2) is 0 Å². The summed E-state index contributed by atoms with van der Waals surface area (Å²) in [6.07, 6.45) is 1.03. The smallest absolute Gasteiger partial charge is 0.251 e. The fourth-order valence-electron chi connectivity index (χ4n) is 3.94. The van der Waals surface area contributed by atoms with Crippen molar-refractivity contribution < 1.29 is 14.3 Å². The summed E-state index contributed by atoms with van der Waals surface area (Å²) in [5.74, 6) is 1.06. The lowest BCUT2D eigenvalue weighted by Crippen LogP contribution is -2.40. The second-order valence-corrected chi connectivity index (χ2v) is 8.15. The molecule has 0 saturated carbocycles. The van der Waals surface area contributed by atoms with E-state index in [0.717, 1.165) is 19.5 Å². The Bertz CT molecular complexity index is 981. The SMILES string of the molecule is COc1cc(OC)cc(C(=O)NCC(c2ccsc2)N2CCc3ccccc3C2)c1. The molecule has 2 heterocycles. The standard InChI is InChI=1S/C24H26N2O3S/c1-28-21-11-20(12-22(13-21)29-2)24(27)25-14-23(19-8-10-30-16-19)26-9-7-17-5-3-4-6-18(17)15-26/h3-6,8,10-13,16,23H,7,9,14-15H2,1-2H3,(H,25,27). The topological polar surface area (TPSA) is 50.8 Å². The van der Waals surface area contributed by atoms with Crippen LogP contribution in [0.2, 0.25) is 0 Å². The van der Waals surface area contributed by atoms with Crippen molar-refractivity contribution in [2.24, 2.45) is 0 Å². The highest BCUT2D eigenvalue weighted by atomic mass is 32.1. The predicted molar refractivity (Wildman–Crippen MR) is 119 cm³/mol. The lowest BCUT2D eigenvalue weighted by atomic mass is 9.97. The number of amides is 1. The van der Waals surface area contributed by atoms with Crippen LogP contribution in [0.1, 0.15) is 33.1 Å². The van der Waals surface area contributed by atoms with Gasteiger partial charge in [0.25, 0.3) is 5.91 Å². The largest absolute Gasteiger partial charge is 0.497 e. The summed E-state index contributed by atoms with van der Waals surface area (Å²) < 4.78 is 10.6. The number of hydrogen-bond acceptors (Lipinski definition) is 5. The van der Waals surface area contributed by atoms with E-state index in [1.54, 1.807) is 43.8 Å². The van der Waals surface area contributed by atoms with Gasteiger partial charge in [0, 0.05) is 31.3 Å². The van der Waals surface area contributed by atoms with Gasteiger partial charge in [0.05, 0.1) is 20.3 Å². The lowest BCUT2D eigenvalue weighted by molar-refractivity contribution is 0.0927. The molecule has 3 aromatic rings. The zero-order valence-electron chi connectivity index (χ0n) is 17.3. The number of nitrogens with zero attached hydrogens (tertiary/aromatic N) is 1. The molecular formula is C24H26N2O3S. The van der Waals surface area contributed by atoms with Crippen molar-refractivity contribution in [2.75, 3.05) is 27.3 Å². The van der Waals surface area contributed by atoms with E-state index in [-0.39, 0.29) is 11.9 Å². The Labute approximate surface area is 181 Å². The fourth-order valence-corrected chi connectivity index (χ4v) is 4.64. The van der Waals surface area contributed by atoms with Crippen LogP contribution in [0.5, 0.6) is 11.5 Å². The number of ether oxygens (including phenoxy) is 2. The van der Waals surface area contributed by atoms with Gasteiger partial charge in [-0.25, -0.2) is 0 Å². The van der Waals surface area contributed by atoms with Crippen LogP contribution in [-0.2, 0) is 13.0 Å². The normalized spacial score (nSPS) is 14.6. The van der Waals surface area contributed by atoms with Gasteiger partial charge < -0.3 is 14.8 Å². The van der Waals surface area contributed by atoms with Crippen molar-refractivity contribution in [3.8, 4) is 11.5 Å². The zero-order valence-corrected chi connectivity index (χ0v) is 18.1. The first kappa shape index (κ1) is 20.4. The minimum atomic E-state index is -0.134. The molecule has 1 aliphatic heterocycles. The Morgan fingerprint density at radius 3 is 2.50 bits per heavy atom. The number of rotatable bonds is 7. The third-order valence-corrected chi connectivity index (χ3v) is 6.30. The van der Waals surface area contributed by atoms with Crippen molar-refractivity contribution in [1.82, 2.24) is 10.2 Å². The highest BCUT2D eigenvalue weighted by molar-refractivity contribution is 7.08. The summed E-state index contributed by atoms with van der Waals surface area (Å²) >= 11 is 1.69. The van der Waals surface area contributed by atoms with E-state index in [1.165, 1.54) is 16.7 Å². The first-order chi connectivity index (χ1) is 14.7. The molecule has 1 unspecified atom stereocenters. The van der Waals surface area contributed by atoms with Crippen molar-refractivity contribution >= 4 is 17.2 Å². The summed E-state index contributed by atoms with van der Waals surface area (Å²) in [6.45, 7) is 2.40. The summed E-state index contributed by atoms with van der Waals surface area (Å²) in [6, 6.07) is 16.1. The summed E-state index contributed by atoms with van der Waals surface area (Å²) in [5, 5.41) is 7.39. The number of thiophene rings is 1. The Balaban J connectivity index is 1.51. The molecule has 0 radical (unpaired) electrons. The van der Waals surface area contributed by atoms with E-state index in [2.05, 4.69) is 51.3 Å². The van der Waals surface area contributed by atoms with E-state index in [0.29, 0.717) is 23.6 Å². The molecule has 0 aliphatic carbocycles. The third-order valence-electron chi connectivity index (χ3n) is 5.60. The average molecular weight is 423 g/mol. The van der Waals surface area contributed by atoms with Crippen molar-refractivity contribution in [3.05, 3.63) is 81.5 Å². The van der Waals surface area contributed by atoms with E-state index in [4.69, 9.17) is 9.47 Å². The van der Waals surface area contributed by atoms with Crippen LogP contribution in [0.25, 0.3) is 0 Å². The van der Waals surface area contributed by atoms with Crippen LogP contribution < -0.4 is 14.8 Å². The molecule has 1 amide bonds. The number of benzene rings is 2. The molecule has 1 N–H and O–H groups in total. The molecule has 1 aromatic heterocycles. The van der Waals surface area contributed by atoms with E-state index in [9.17, 15) is 4.79 Å².